The summed E-state index contributed by atoms with van der Waals surface area (Å²) in [4.78, 5) is 31.2. The van der Waals surface area contributed by atoms with Crippen molar-refractivity contribution < 1.29 is 22.8 Å². The second-order valence-corrected chi connectivity index (χ2v) is 10.6. The molecule has 0 spiro atoms. The van der Waals surface area contributed by atoms with Crippen LogP contribution in [0.15, 0.2) is 88.7 Å². The Morgan fingerprint density at radius 1 is 0.950 bits per heavy atom. The minimum Gasteiger partial charge on any atom is -0.371 e. The van der Waals surface area contributed by atoms with E-state index >= 15 is 0 Å². The highest BCUT2D eigenvalue weighted by Gasteiger charge is 2.31. The van der Waals surface area contributed by atoms with Gasteiger partial charge in [0.2, 0.25) is 5.91 Å². The number of thioether (sulfide) groups is 1. The number of carbonyl (C=O) groups excluding carboxylic acids is 2. The summed E-state index contributed by atoms with van der Waals surface area (Å²) in [6.07, 6.45) is 0.0584. The van der Waals surface area contributed by atoms with Crippen LogP contribution in [0.3, 0.4) is 0 Å². The molecule has 1 N–H and O–H groups in total. The topological polar surface area (TPSA) is 52.7 Å². The zero-order valence-electron chi connectivity index (χ0n) is 22.3. The van der Waals surface area contributed by atoms with Crippen molar-refractivity contribution in [1.82, 2.24) is 5.32 Å². The quantitative estimate of drug-likeness (QED) is 0.200. The van der Waals surface area contributed by atoms with Crippen molar-refractivity contribution in [2.45, 2.75) is 37.3 Å². The van der Waals surface area contributed by atoms with Crippen molar-refractivity contribution >= 4 is 41.0 Å². The fraction of sp³-hybridized carbons (Fsp3) is 0.290. The van der Waals surface area contributed by atoms with E-state index in [1.54, 1.807) is 18.2 Å². The molecule has 0 aliphatic carbocycles. The Bertz CT molecular complexity index is 1330. The number of carbonyl (C=O) groups is 2. The number of halogens is 3. The molecule has 0 fully saturated rings. The number of rotatable bonds is 11. The van der Waals surface area contributed by atoms with Gasteiger partial charge in [0, 0.05) is 30.2 Å². The molecule has 2 amide bonds. The Morgan fingerprint density at radius 3 is 2.33 bits per heavy atom. The van der Waals surface area contributed by atoms with Gasteiger partial charge in [-0.05, 0) is 60.9 Å². The van der Waals surface area contributed by atoms with Crippen LogP contribution in [0.25, 0.3) is 6.08 Å². The number of hydrogen-bond acceptors (Lipinski definition) is 4. The number of nitrogens with one attached hydrogen (secondary N) is 1. The summed E-state index contributed by atoms with van der Waals surface area (Å²) in [6, 6.07) is 22.1. The van der Waals surface area contributed by atoms with Crippen LogP contribution in [0, 0.1) is 0 Å². The molecule has 0 aromatic heterocycles. The second kappa shape index (κ2) is 13.6. The third kappa shape index (κ3) is 7.69. The zero-order valence-corrected chi connectivity index (χ0v) is 23.1. The number of benzene rings is 3. The number of unbranched alkanes of at least 4 members (excludes halogenated alkanes) is 1. The van der Waals surface area contributed by atoms with Crippen LogP contribution in [-0.4, -0.2) is 38.0 Å². The maximum Gasteiger partial charge on any atom is 0.416 e. The lowest BCUT2D eigenvalue weighted by molar-refractivity contribution is -0.137. The summed E-state index contributed by atoms with van der Waals surface area (Å²) in [6.45, 7) is 4.22. The molecule has 1 aliphatic rings. The van der Waals surface area contributed by atoms with Gasteiger partial charge in [0.25, 0.3) is 5.91 Å². The number of fused-ring (bicyclic) bond motifs is 1. The highest BCUT2D eigenvalue weighted by atomic mass is 32.2. The summed E-state index contributed by atoms with van der Waals surface area (Å²) in [5.74, 6) is -0.641. The molecule has 40 heavy (non-hydrogen) atoms. The van der Waals surface area contributed by atoms with Crippen LogP contribution in [0.4, 0.5) is 24.5 Å². The molecule has 0 unspecified atom stereocenters. The number of anilines is 2. The Morgan fingerprint density at radius 2 is 1.62 bits per heavy atom. The minimum atomic E-state index is -4.43. The third-order valence-electron chi connectivity index (χ3n) is 6.50. The minimum absolute atomic E-state index is 0.154. The lowest BCUT2D eigenvalue weighted by Gasteiger charge is -2.30. The van der Waals surface area contributed by atoms with E-state index < -0.39 is 11.7 Å². The van der Waals surface area contributed by atoms with Gasteiger partial charge in [0.05, 0.1) is 16.2 Å². The molecule has 4 rings (SSSR count). The van der Waals surface area contributed by atoms with E-state index in [0.29, 0.717) is 22.7 Å². The number of para-hydroxylation sites is 2. The lowest BCUT2D eigenvalue weighted by Crippen LogP contribution is -2.43. The van der Waals surface area contributed by atoms with Crippen molar-refractivity contribution in [3.05, 3.63) is 94.9 Å². The van der Waals surface area contributed by atoms with E-state index in [0.717, 1.165) is 55.1 Å². The Hall–Kier alpha value is -3.72. The molecule has 1 aliphatic heterocycles. The Labute approximate surface area is 237 Å². The fourth-order valence-corrected chi connectivity index (χ4v) is 5.45. The molecule has 0 saturated heterocycles. The van der Waals surface area contributed by atoms with Crippen molar-refractivity contribution in [2.24, 2.45) is 0 Å². The first-order chi connectivity index (χ1) is 19.3. The predicted molar refractivity (Wildman–Crippen MR) is 155 cm³/mol. The molecule has 5 nitrogen and oxygen atoms in total. The SMILES string of the molecule is CCCCN(CCCNC(=O)CN1C(=O)C(=Cc2ccc(C(F)(F)F)cc2)Sc2ccccc21)c1ccccc1. The lowest BCUT2D eigenvalue weighted by atomic mass is 10.1. The normalized spacial score (nSPS) is 14.2. The van der Waals surface area contributed by atoms with Crippen molar-refractivity contribution in [2.75, 3.05) is 36.0 Å². The Balaban J connectivity index is 1.39. The van der Waals surface area contributed by atoms with Gasteiger partial charge in [-0.25, -0.2) is 0 Å². The molecule has 3 aromatic carbocycles. The third-order valence-corrected chi connectivity index (χ3v) is 7.58. The first-order valence-corrected chi connectivity index (χ1v) is 14.1. The molecular formula is C31H32F3N3O2S. The highest BCUT2D eigenvalue weighted by Crippen LogP contribution is 2.42. The molecular weight excluding hydrogens is 535 g/mol. The number of nitrogens with zero attached hydrogens (tertiary/aromatic N) is 2. The van der Waals surface area contributed by atoms with Gasteiger partial charge in [0.1, 0.15) is 6.54 Å². The maximum atomic E-state index is 13.4. The average molecular weight is 568 g/mol. The van der Waals surface area contributed by atoms with E-state index in [4.69, 9.17) is 0 Å². The monoisotopic (exact) mass is 567 g/mol. The first kappa shape index (κ1) is 29.3. The fourth-order valence-electron chi connectivity index (χ4n) is 4.39. The number of amides is 2. The molecule has 210 valence electrons. The molecule has 1 heterocycles. The van der Waals surface area contributed by atoms with Gasteiger partial charge in [0.15, 0.2) is 0 Å². The van der Waals surface area contributed by atoms with E-state index in [2.05, 4.69) is 29.3 Å². The van der Waals surface area contributed by atoms with Crippen molar-refractivity contribution in [1.29, 1.82) is 0 Å². The van der Waals surface area contributed by atoms with Gasteiger partial charge in [-0.3, -0.25) is 14.5 Å². The largest absolute Gasteiger partial charge is 0.416 e. The molecule has 0 radical (unpaired) electrons. The molecule has 9 heteroatoms. The van der Waals surface area contributed by atoms with E-state index in [9.17, 15) is 22.8 Å². The van der Waals surface area contributed by atoms with Gasteiger partial charge in [-0.2, -0.15) is 13.2 Å². The molecule has 0 atom stereocenters. The smallest absolute Gasteiger partial charge is 0.371 e. The van der Waals surface area contributed by atoms with Crippen LogP contribution in [0.1, 0.15) is 37.3 Å². The highest BCUT2D eigenvalue weighted by molar-refractivity contribution is 8.04. The standard InChI is InChI=1S/C31H32F3N3O2S/c1-2-3-19-36(25-10-5-4-6-11-25)20-9-18-35-29(38)22-37-26-12-7-8-13-27(26)40-28(30(37)39)21-23-14-16-24(17-15-23)31(32,33)34/h4-8,10-17,21H,2-3,9,18-20,22H2,1H3,(H,35,38). The average Bonchev–Trinajstić information content (AvgIpc) is 2.95. The van der Waals surface area contributed by atoms with Crippen LogP contribution < -0.4 is 15.1 Å². The van der Waals surface area contributed by atoms with Gasteiger partial charge < -0.3 is 10.2 Å². The summed E-state index contributed by atoms with van der Waals surface area (Å²) < 4.78 is 38.8. The zero-order chi connectivity index (χ0) is 28.5. The molecule has 0 saturated carbocycles. The van der Waals surface area contributed by atoms with Crippen LogP contribution in [0.2, 0.25) is 0 Å². The van der Waals surface area contributed by atoms with E-state index in [1.165, 1.54) is 28.8 Å². The molecule has 0 bridgehead atoms. The summed E-state index contributed by atoms with van der Waals surface area (Å²) >= 11 is 1.24. The summed E-state index contributed by atoms with van der Waals surface area (Å²) in [5.41, 5.74) is 1.51. The van der Waals surface area contributed by atoms with Crippen LogP contribution >= 0.6 is 11.8 Å². The summed E-state index contributed by atoms with van der Waals surface area (Å²) in [7, 11) is 0. The van der Waals surface area contributed by atoms with Crippen LogP contribution in [0.5, 0.6) is 0 Å². The van der Waals surface area contributed by atoms with Crippen LogP contribution in [-0.2, 0) is 15.8 Å². The summed E-state index contributed by atoms with van der Waals surface area (Å²) in [5, 5.41) is 2.94. The van der Waals surface area contributed by atoms with Gasteiger partial charge in [-0.1, -0.05) is 67.6 Å². The van der Waals surface area contributed by atoms with E-state index in [1.807, 2.05) is 30.3 Å². The first-order valence-electron chi connectivity index (χ1n) is 13.3. The van der Waals surface area contributed by atoms with Gasteiger partial charge in [-0.15, -0.1) is 0 Å². The van der Waals surface area contributed by atoms with Crippen molar-refractivity contribution in [3.63, 3.8) is 0 Å². The predicted octanol–water partition coefficient (Wildman–Crippen LogP) is 7.00. The van der Waals surface area contributed by atoms with Crippen molar-refractivity contribution in [3.8, 4) is 0 Å². The number of alkyl halides is 3. The molecule has 3 aromatic rings. The number of hydrogen-bond donors (Lipinski definition) is 1. The Kier molecular flexibility index (Phi) is 9.93. The van der Waals surface area contributed by atoms with E-state index in [-0.39, 0.29) is 18.4 Å². The maximum absolute atomic E-state index is 13.4. The second-order valence-electron chi connectivity index (χ2n) is 9.47. The van der Waals surface area contributed by atoms with Gasteiger partial charge >= 0.3 is 6.18 Å².